The molecule has 0 atom stereocenters. The van der Waals surface area contributed by atoms with Crippen LogP contribution in [0.3, 0.4) is 0 Å². The molecule has 0 saturated carbocycles. The molecule has 6 rings (SSSR count). The summed E-state index contributed by atoms with van der Waals surface area (Å²) >= 11 is 1.32. The maximum Gasteiger partial charge on any atom is 0.291 e. The van der Waals surface area contributed by atoms with Crippen molar-refractivity contribution in [1.29, 1.82) is 0 Å². The Labute approximate surface area is 260 Å². The molecule has 224 valence electrons. The molecule has 3 aromatic carbocycles. The van der Waals surface area contributed by atoms with Crippen molar-refractivity contribution in [1.82, 2.24) is 24.4 Å². The highest BCUT2D eigenvalue weighted by atomic mass is 32.1. The van der Waals surface area contributed by atoms with Crippen molar-refractivity contribution < 1.29 is 9.47 Å². The first kappa shape index (κ1) is 29.3. The first-order valence-electron chi connectivity index (χ1n) is 15.1. The summed E-state index contributed by atoms with van der Waals surface area (Å²) in [6, 6.07) is 23.7. The lowest BCUT2D eigenvalue weighted by atomic mass is 10.0. The highest BCUT2D eigenvalue weighted by molar-refractivity contribution is 7.15. The number of thiazole rings is 1. The number of aromatic nitrogens is 5. The molecule has 44 heavy (non-hydrogen) atoms. The number of hydrogen-bond donors (Lipinski definition) is 0. The minimum absolute atomic E-state index is 0.211. The molecule has 0 saturated heterocycles. The van der Waals surface area contributed by atoms with Crippen LogP contribution in [0, 0.1) is 6.92 Å². The summed E-state index contributed by atoms with van der Waals surface area (Å²) in [7, 11) is 0. The molecule has 0 amide bonds. The van der Waals surface area contributed by atoms with Crippen molar-refractivity contribution in [2.75, 3.05) is 13.2 Å². The zero-order valence-electron chi connectivity index (χ0n) is 25.2. The lowest BCUT2D eigenvalue weighted by molar-refractivity contribution is 0.306. The van der Waals surface area contributed by atoms with Crippen LogP contribution in [0.15, 0.2) is 83.8 Å². The van der Waals surface area contributed by atoms with E-state index in [1.54, 1.807) is 0 Å². The molecule has 0 N–H and O–H groups in total. The second-order valence-electron chi connectivity index (χ2n) is 10.7. The molecule has 3 heterocycles. The second-order valence-corrected chi connectivity index (χ2v) is 11.7. The molecular formula is C35H35N5O3S. The molecule has 9 heteroatoms. The van der Waals surface area contributed by atoms with Crippen molar-refractivity contribution in [3.05, 3.63) is 105 Å². The number of ether oxygens (including phenoxy) is 2. The van der Waals surface area contributed by atoms with Crippen LogP contribution in [0.1, 0.15) is 50.7 Å². The van der Waals surface area contributed by atoms with Crippen LogP contribution in [0.5, 0.6) is 11.5 Å². The largest absolute Gasteiger partial charge is 0.494 e. The van der Waals surface area contributed by atoms with E-state index in [0.29, 0.717) is 28.5 Å². The van der Waals surface area contributed by atoms with E-state index in [1.807, 2.05) is 90.6 Å². The number of unbranched alkanes of at least 4 members (excludes halogenated alkanes) is 2. The van der Waals surface area contributed by atoms with Gasteiger partial charge in [-0.2, -0.15) is 14.6 Å². The van der Waals surface area contributed by atoms with Crippen LogP contribution in [-0.2, 0) is 0 Å². The van der Waals surface area contributed by atoms with E-state index in [2.05, 4.69) is 30.0 Å². The van der Waals surface area contributed by atoms with E-state index in [4.69, 9.17) is 14.6 Å². The fourth-order valence-electron chi connectivity index (χ4n) is 4.94. The number of benzene rings is 3. The Bertz CT molecular complexity index is 1980. The van der Waals surface area contributed by atoms with E-state index < -0.39 is 0 Å². The topological polar surface area (TPSA) is 83.5 Å². The third-order valence-electron chi connectivity index (χ3n) is 7.27. The van der Waals surface area contributed by atoms with Crippen LogP contribution in [0.4, 0.5) is 0 Å². The fourth-order valence-corrected chi connectivity index (χ4v) is 5.84. The predicted molar refractivity (Wildman–Crippen MR) is 176 cm³/mol. The van der Waals surface area contributed by atoms with Gasteiger partial charge in [0.15, 0.2) is 5.82 Å². The van der Waals surface area contributed by atoms with Gasteiger partial charge in [-0.1, -0.05) is 56.2 Å². The summed E-state index contributed by atoms with van der Waals surface area (Å²) < 4.78 is 15.5. The lowest BCUT2D eigenvalue weighted by Crippen LogP contribution is -2.23. The highest BCUT2D eigenvalue weighted by Gasteiger charge is 2.16. The molecule has 0 aliphatic heterocycles. The number of nitrogens with zero attached hydrogens (tertiary/aromatic N) is 5. The summed E-state index contributed by atoms with van der Waals surface area (Å²) in [4.78, 5) is 18.7. The molecule has 0 unspecified atom stereocenters. The summed E-state index contributed by atoms with van der Waals surface area (Å²) in [6.45, 7) is 7.67. The SMILES string of the molecule is CCCCCOc1ccc(-c2nc3sc(=Cc4cn(-c5ccccc5)nc4-c4ccc(OCCC)c(C)c4)c(=O)n3n2)cc1. The zero-order chi connectivity index (χ0) is 30.5. The third-order valence-corrected chi connectivity index (χ3v) is 8.23. The van der Waals surface area contributed by atoms with Crippen LogP contribution >= 0.6 is 11.3 Å². The van der Waals surface area contributed by atoms with E-state index in [0.717, 1.165) is 70.8 Å². The average Bonchev–Trinajstić information content (AvgIpc) is 3.74. The molecule has 8 nitrogen and oxygen atoms in total. The molecule has 0 aliphatic rings. The molecule has 0 radical (unpaired) electrons. The number of aryl methyl sites for hydroxylation is 1. The van der Waals surface area contributed by atoms with Crippen LogP contribution in [0.25, 0.3) is 39.4 Å². The summed E-state index contributed by atoms with van der Waals surface area (Å²) in [5.74, 6) is 2.19. The van der Waals surface area contributed by atoms with Crippen molar-refractivity contribution in [3.63, 3.8) is 0 Å². The number of fused-ring (bicyclic) bond motifs is 1. The number of rotatable bonds is 12. The Kier molecular flexibility index (Phi) is 8.84. The Balaban J connectivity index is 1.34. The fraction of sp³-hybridized carbons (Fsp3) is 0.257. The van der Waals surface area contributed by atoms with Gasteiger partial charge in [0.05, 0.1) is 23.4 Å². The van der Waals surface area contributed by atoms with Gasteiger partial charge < -0.3 is 9.47 Å². The summed E-state index contributed by atoms with van der Waals surface area (Å²) in [5.41, 5.74) is 5.13. The Hall–Kier alpha value is -4.76. The van der Waals surface area contributed by atoms with Crippen molar-refractivity contribution in [2.45, 2.75) is 46.5 Å². The second kappa shape index (κ2) is 13.3. The summed E-state index contributed by atoms with van der Waals surface area (Å²) in [6.07, 6.45) is 8.13. The standard InChI is InChI=1S/C35H35N5O3S/c1-4-6-10-20-42-29-16-13-25(14-17-29)33-36-35-40(38-33)34(41)31(44-35)22-27-23-39(28-11-8-7-9-12-28)37-32(27)26-15-18-30(24(3)21-26)43-19-5-2/h7-9,11-18,21-23H,4-6,10,19-20H2,1-3H3. The van der Waals surface area contributed by atoms with Gasteiger partial charge in [-0.3, -0.25) is 4.79 Å². The van der Waals surface area contributed by atoms with Crippen molar-refractivity contribution in [3.8, 4) is 39.8 Å². The minimum atomic E-state index is -0.211. The van der Waals surface area contributed by atoms with Crippen molar-refractivity contribution in [2.24, 2.45) is 0 Å². The first-order chi connectivity index (χ1) is 21.5. The minimum Gasteiger partial charge on any atom is -0.494 e. The monoisotopic (exact) mass is 605 g/mol. The van der Waals surface area contributed by atoms with Gasteiger partial charge in [0.25, 0.3) is 5.56 Å². The lowest BCUT2D eigenvalue weighted by Gasteiger charge is -2.09. The zero-order valence-corrected chi connectivity index (χ0v) is 26.0. The van der Waals surface area contributed by atoms with Gasteiger partial charge in [-0.15, -0.1) is 5.10 Å². The maximum atomic E-state index is 13.5. The van der Waals surface area contributed by atoms with Gasteiger partial charge >= 0.3 is 0 Å². The molecule has 0 fully saturated rings. The molecule has 3 aromatic heterocycles. The highest BCUT2D eigenvalue weighted by Crippen LogP contribution is 2.29. The Morgan fingerprint density at radius 3 is 2.39 bits per heavy atom. The average molecular weight is 606 g/mol. The Morgan fingerprint density at radius 1 is 0.864 bits per heavy atom. The van der Waals surface area contributed by atoms with Gasteiger partial charge in [-0.25, -0.2) is 4.68 Å². The third kappa shape index (κ3) is 6.28. The predicted octanol–water partition coefficient (Wildman–Crippen LogP) is 6.88. The van der Waals surface area contributed by atoms with Crippen molar-refractivity contribution >= 4 is 22.4 Å². The van der Waals surface area contributed by atoms with Gasteiger partial charge in [-0.05, 0) is 86.0 Å². The number of para-hydroxylation sites is 1. The van der Waals surface area contributed by atoms with Crippen LogP contribution in [0.2, 0.25) is 0 Å². The molecule has 0 aliphatic carbocycles. The van der Waals surface area contributed by atoms with Gasteiger partial charge in [0, 0.05) is 22.9 Å². The number of hydrogen-bond acceptors (Lipinski definition) is 7. The maximum absolute atomic E-state index is 13.5. The molecule has 6 aromatic rings. The molecular weight excluding hydrogens is 570 g/mol. The smallest absolute Gasteiger partial charge is 0.291 e. The quantitative estimate of drug-likeness (QED) is 0.141. The van der Waals surface area contributed by atoms with E-state index in [-0.39, 0.29) is 5.56 Å². The van der Waals surface area contributed by atoms with Crippen LogP contribution in [-0.4, -0.2) is 37.6 Å². The Morgan fingerprint density at radius 2 is 1.66 bits per heavy atom. The van der Waals surface area contributed by atoms with E-state index >= 15 is 0 Å². The first-order valence-corrected chi connectivity index (χ1v) is 15.9. The summed E-state index contributed by atoms with van der Waals surface area (Å²) in [5, 5.41) is 9.49. The van der Waals surface area contributed by atoms with Gasteiger partial charge in [0.2, 0.25) is 4.96 Å². The van der Waals surface area contributed by atoms with Crippen LogP contribution < -0.4 is 19.6 Å². The molecule has 0 bridgehead atoms. The van der Waals surface area contributed by atoms with Gasteiger partial charge in [0.1, 0.15) is 17.2 Å². The van der Waals surface area contributed by atoms with E-state index in [9.17, 15) is 4.79 Å². The molecule has 0 spiro atoms. The van der Waals surface area contributed by atoms with E-state index in [1.165, 1.54) is 15.9 Å². The normalized spacial score (nSPS) is 11.8.